The van der Waals surface area contributed by atoms with Crippen molar-refractivity contribution in [3.8, 4) is 0 Å². The van der Waals surface area contributed by atoms with E-state index in [0.717, 1.165) is 82.8 Å². The largest absolute Gasteiger partial charge is 0.349 e. The van der Waals surface area contributed by atoms with E-state index >= 15 is 0 Å². The van der Waals surface area contributed by atoms with Crippen molar-refractivity contribution in [1.82, 2.24) is 25.1 Å². The normalized spacial score (nSPS) is 24.9. The lowest BCUT2D eigenvalue weighted by atomic mass is 9.78. The molecule has 2 aliphatic heterocycles. The van der Waals surface area contributed by atoms with Crippen LogP contribution in [0.15, 0.2) is 0 Å². The van der Waals surface area contributed by atoms with Crippen LogP contribution < -0.4 is 15.1 Å². The molecular weight excluding hydrogens is 685 g/mol. The van der Waals surface area contributed by atoms with Crippen molar-refractivity contribution in [3.63, 3.8) is 0 Å². The molecule has 55 heavy (non-hydrogen) atoms. The van der Waals surface area contributed by atoms with E-state index in [2.05, 4.69) is 129 Å². The summed E-state index contributed by atoms with van der Waals surface area (Å²) in [5.74, 6) is 2.21. The van der Waals surface area contributed by atoms with Crippen LogP contribution in [0.25, 0.3) is 0 Å². The van der Waals surface area contributed by atoms with E-state index in [1.54, 1.807) is 0 Å². The molecule has 0 bridgehead atoms. The molecule has 4 fully saturated rings. The van der Waals surface area contributed by atoms with Gasteiger partial charge in [0.2, 0.25) is 17.8 Å². The van der Waals surface area contributed by atoms with Gasteiger partial charge >= 0.3 is 0 Å². The van der Waals surface area contributed by atoms with E-state index in [9.17, 15) is 0 Å². The van der Waals surface area contributed by atoms with Crippen LogP contribution in [-0.2, 0) is 9.68 Å². The van der Waals surface area contributed by atoms with Gasteiger partial charge in [0, 0.05) is 52.9 Å². The summed E-state index contributed by atoms with van der Waals surface area (Å²) >= 11 is 0. The topological polar surface area (TPSA) is 82.1 Å². The van der Waals surface area contributed by atoms with Gasteiger partial charge in [-0.15, -0.1) is 0 Å². The van der Waals surface area contributed by atoms with E-state index in [1.165, 1.54) is 38.5 Å². The Balaban J connectivity index is 1.48. The van der Waals surface area contributed by atoms with Gasteiger partial charge in [-0.25, -0.2) is 0 Å². The first-order valence-electron chi connectivity index (χ1n) is 22.5. The lowest BCUT2D eigenvalue weighted by Gasteiger charge is -2.56. The molecule has 2 aliphatic carbocycles. The molecule has 0 aromatic carbocycles. The zero-order valence-electron chi connectivity index (χ0n) is 38.3. The Hall–Kier alpha value is -1.75. The molecule has 1 aromatic rings. The molecule has 5 rings (SSSR count). The van der Waals surface area contributed by atoms with Crippen molar-refractivity contribution < 1.29 is 9.68 Å². The lowest BCUT2D eigenvalue weighted by Crippen LogP contribution is -2.65. The maximum Gasteiger partial charge on any atom is 0.232 e. The lowest BCUT2D eigenvalue weighted by molar-refractivity contribution is -0.310. The summed E-state index contributed by atoms with van der Waals surface area (Å²) < 4.78 is 0. The number of nitrogens with zero attached hydrogens (tertiary/aromatic N) is 7. The van der Waals surface area contributed by atoms with Crippen LogP contribution in [0.5, 0.6) is 0 Å². The molecule has 0 spiro atoms. The number of hydrogen-bond acceptors (Lipinski definition) is 10. The Morgan fingerprint density at radius 2 is 0.927 bits per heavy atom. The fraction of sp³-hybridized carbons (Fsp3) is 0.933. The van der Waals surface area contributed by atoms with Gasteiger partial charge in [0.05, 0.1) is 12.2 Å². The number of piperidine rings is 2. The van der Waals surface area contributed by atoms with Gasteiger partial charge in [0.25, 0.3) is 0 Å². The minimum atomic E-state index is -0.209. The average Bonchev–Trinajstić information content (AvgIpc) is 3.04. The standard InChI is InChI=1S/C45H84N8O2/c1-16-50(33-28-42(8,9)52(43(10,11)29-33)54-35-24-20-18-21-25-35)38-46-37(49-41(6,7)32-40(3,4)5)47-39(48-38)51(17-2)34-30-44(12,13)53(45(14,15)31-34)55-36-26-22-19-23-27-36/h33-36H,16-32H2,1-15H3,(H,46,47,48,49). The number of hydrogen-bond donors (Lipinski definition) is 1. The van der Waals surface area contributed by atoms with E-state index in [-0.39, 0.29) is 45.2 Å². The number of hydroxylamine groups is 4. The fourth-order valence-electron chi connectivity index (χ4n) is 11.5. The van der Waals surface area contributed by atoms with Gasteiger partial charge in [-0.05, 0) is 146 Å². The summed E-state index contributed by atoms with van der Waals surface area (Å²) in [4.78, 5) is 34.8. The van der Waals surface area contributed by atoms with Crippen molar-refractivity contribution in [2.24, 2.45) is 5.41 Å². The Morgan fingerprint density at radius 1 is 0.582 bits per heavy atom. The summed E-state index contributed by atoms with van der Waals surface area (Å²) in [6.45, 7) is 36.5. The molecule has 1 aromatic heterocycles. The highest BCUT2D eigenvalue weighted by atomic mass is 16.7. The maximum atomic E-state index is 6.90. The second-order valence-corrected chi connectivity index (χ2v) is 22.3. The zero-order chi connectivity index (χ0) is 40.6. The van der Waals surface area contributed by atoms with Crippen LogP contribution in [-0.4, -0.2) is 90.2 Å². The minimum Gasteiger partial charge on any atom is -0.349 e. The molecule has 4 aliphatic rings. The van der Waals surface area contributed by atoms with Crippen molar-refractivity contribution >= 4 is 17.8 Å². The third-order valence-electron chi connectivity index (χ3n) is 12.9. The van der Waals surface area contributed by atoms with Crippen LogP contribution in [0.1, 0.15) is 200 Å². The van der Waals surface area contributed by atoms with E-state index in [1.807, 2.05) is 0 Å². The highest BCUT2D eigenvalue weighted by molar-refractivity contribution is 5.48. The van der Waals surface area contributed by atoms with Gasteiger partial charge in [0.15, 0.2) is 0 Å². The van der Waals surface area contributed by atoms with Gasteiger partial charge in [0.1, 0.15) is 0 Å². The number of nitrogens with one attached hydrogen (secondary N) is 1. The Morgan fingerprint density at radius 3 is 1.24 bits per heavy atom. The first kappa shape index (κ1) is 44.4. The maximum absolute atomic E-state index is 6.90. The van der Waals surface area contributed by atoms with Crippen molar-refractivity contribution in [3.05, 3.63) is 0 Å². The van der Waals surface area contributed by atoms with Gasteiger partial charge in [-0.1, -0.05) is 59.3 Å². The molecule has 0 atom stereocenters. The molecule has 0 radical (unpaired) electrons. The summed E-state index contributed by atoms with van der Waals surface area (Å²) in [5, 5.41) is 8.56. The molecular formula is C45H84N8O2. The SMILES string of the molecule is CCN(c1nc(NC(C)(C)CC(C)(C)C)nc(N(CC)C2CC(C)(C)N(OC3CCCCC3)C(C)(C)C2)n1)C1CC(C)(C)N(OC2CCCCC2)C(C)(C)C1. The van der Waals surface area contributed by atoms with Gasteiger partial charge < -0.3 is 15.1 Å². The summed E-state index contributed by atoms with van der Waals surface area (Å²) in [6.07, 6.45) is 17.9. The molecule has 2 saturated carbocycles. The predicted octanol–water partition coefficient (Wildman–Crippen LogP) is 10.7. The summed E-state index contributed by atoms with van der Waals surface area (Å²) in [6, 6.07) is 0.500. The van der Waals surface area contributed by atoms with Crippen LogP contribution in [0.2, 0.25) is 0 Å². The molecule has 10 heteroatoms. The fourth-order valence-corrected chi connectivity index (χ4v) is 11.5. The summed E-state index contributed by atoms with van der Waals surface area (Å²) in [5.41, 5.74) is -0.658. The monoisotopic (exact) mass is 769 g/mol. The quantitative estimate of drug-likeness (QED) is 0.209. The molecule has 2 saturated heterocycles. The van der Waals surface area contributed by atoms with Gasteiger partial charge in [-0.3, -0.25) is 9.68 Å². The second-order valence-electron chi connectivity index (χ2n) is 22.3. The number of anilines is 3. The van der Waals surface area contributed by atoms with Crippen LogP contribution in [0.3, 0.4) is 0 Å². The molecule has 316 valence electrons. The van der Waals surface area contributed by atoms with E-state index in [0.29, 0.717) is 18.2 Å². The zero-order valence-corrected chi connectivity index (χ0v) is 38.3. The first-order valence-corrected chi connectivity index (χ1v) is 22.5. The van der Waals surface area contributed by atoms with Gasteiger partial charge in [-0.2, -0.15) is 25.1 Å². The Bertz CT molecular complexity index is 1270. The molecule has 1 N–H and O–H groups in total. The van der Waals surface area contributed by atoms with Crippen molar-refractivity contribution in [2.75, 3.05) is 28.2 Å². The Labute approximate surface area is 337 Å². The number of aromatic nitrogens is 3. The highest BCUT2D eigenvalue weighted by Crippen LogP contribution is 2.45. The second kappa shape index (κ2) is 16.8. The molecule has 0 unspecified atom stereocenters. The molecule has 10 nitrogen and oxygen atoms in total. The third kappa shape index (κ3) is 11.1. The molecule has 3 heterocycles. The van der Waals surface area contributed by atoms with Crippen molar-refractivity contribution in [1.29, 1.82) is 0 Å². The molecule has 0 amide bonds. The number of rotatable bonds is 13. The third-order valence-corrected chi connectivity index (χ3v) is 12.9. The average molecular weight is 769 g/mol. The smallest absolute Gasteiger partial charge is 0.232 e. The minimum absolute atomic E-state index is 0.149. The highest BCUT2D eigenvalue weighted by Gasteiger charge is 2.51. The first-order chi connectivity index (χ1) is 25.5. The predicted molar refractivity (Wildman–Crippen MR) is 230 cm³/mol. The summed E-state index contributed by atoms with van der Waals surface area (Å²) in [7, 11) is 0. The van der Waals surface area contributed by atoms with Crippen LogP contribution >= 0.6 is 0 Å². The van der Waals surface area contributed by atoms with Crippen molar-refractivity contribution in [2.45, 2.75) is 252 Å². The van der Waals surface area contributed by atoms with E-state index < -0.39 is 0 Å². The van der Waals surface area contributed by atoms with E-state index in [4.69, 9.17) is 24.6 Å². The Kier molecular flexibility index (Phi) is 13.6. The van der Waals surface area contributed by atoms with Crippen LogP contribution in [0, 0.1) is 5.41 Å². The van der Waals surface area contributed by atoms with Crippen LogP contribution in [0.4, 0.5) is 17.8 Å².